The number of aromatic amines is 1. The predicted octanol–water partition coefficient (Wildman–Crippen LogP) is 3.28. The van der Waals surface area contributed by atoms with Crippen molar-refractivity contribution in [3.05, 3.63) is 54.1 Å². The van der Waals surface area contributed by atoms with Crippen LogP contribution in [0.4, 0.5) is 22.0 Å². The molecule has 0 bridgehead atoms. The molecule has 0 atom stereocenters. The van der Waals surface area contributed by atoms with Gasteiger partial charge in [0.1, 0.15) is 0 Å². The molecule has 8 nitrogen and oxygen atoms in total. The van der Waals surface area contributed by atoms with E-state index in [0.29, 0.717) is 11.5 Å². The molecule has 0 spiro atoms. The highest BCUT2D eigenvalue weighted by molar-refractivity contribution is 7.90. The van der Waals surface area contributed by atoms with Crippen molar-refractivity contribution in [2.45, 2.75) is 11.8 Å². The molecule has 28 heavy (non-hydrogen) atoms. The highest BCUT2D eigenvalue weighted by atomic mass is 32.2. The van der Waals surface area contributed by atoms with Gasteiger partial charge in [-0.05, 0) is 48.4 Å². The van der Waals surface area contributed by atoms with Gasteiger partial charge in [-0.15, -0.1) is 0 Å². The molecule has 3 aromatic rings. The molecule has 9 heteroatoms. The maximum absolute atomic E-state index is 11.6. The molecule has 146 valence electrons. The quantitative estimate of drug-likeness (QED) is 0.525. The van der Waals surface area contributed by atoms with Gasteiger partial charge in [0, 0.05) is 30.7 Å². The second-order valence-corrected chi connectivity index (χ2v) is 8.34. The Hall–Kier alpha value is -3.33. The fourth-order valence-electron chi connectivity index (χ4n) is 2.63. The standard InChI is InChI=1S/C19H21N5O3S/c1-12-10-14(21-19(25)20-2)6-9-16(12)22-18-11-17(23-24-18)13-4-7-15(8-5-13)28(3,26)27/h4-11H,1-3H3,(H2,20,21,25)(H2,22,23,24). The number of carbonyl (C=O) groups is 1. The molecule has 0 aliphatic carbocycles. The Morgan fingerprint density at radius 2 is 1.79 bits per heavy atom. The van der Waals surface area contributed by atoms with Crippen molar-refractivity contribution in [1.82, 2.24) is 15.5 Å². The fourth-order valence-corrected chi connectivity index (χ4v) is 3.26. The number of anilines is 3. The largest absolute Gasteiger partial charge is 0.341 e. The SMILES string of the molecule is CNC(=O)Nc1ccc(Nc2cc(-c3ccc(S(C)(=O)=O)cc3)[nH]n2)c(C)c1. The van der Waals surface area contributed by atoms with Crippen molar-refractivity contribution in [2.75, 3.05) is 23.9 Å². The van der Waals surface area contributed by atoms with E-state index in [2.05, 4.69) is 26.1 Å². The van der Waals surface area contributed by atoms with Gasteiger partial charge in [0.05, 0.1) is 10.6 Å². The summed E-state index contributed by atoms with van der Waals surface area (Å²) in [6.45, 7) is 1.93. The number of hydrogen-bond acceptors (Lipinski definition) is 5. The maximum Gasteiger partial charge on any atom is 0.318 e. The monoisotopic (exact) mass is 399 g/mol. The van der Waals surface area contributed by atoms with Crippen LogP contribution in [0.3, 0.4) is 0 Å². The number of nitrogens with one attached hydrogen (secondary N) is 4. The van der Waals surface area contributed by atoms with Crippen molar-refractivity contribution in [3.63, 3.8) is 0 Å². The van der Waals surface area contributed by atoms with Gasteiger partial charge in [-0.25, -0.2) is 13.2 Å². The lowest BCUT2D eigenvalue weighted by atomic mass is 10.1. The average molecular weight is 399 g/mol. The summed E-state index contributed by atoms with van der Waals surface area (Å²) in [7, 11) is -1.67. The third-order valence-corrected chi connectivity index (χ3v) is 5.27. The predicted molar refractivity (Wildman–Crippen MR) is 110 cm³/mol. The minimum Gasteiger partial charge on any atom is -0.341 e. The number of benzene rings is 2. The molecule has 1 heterocycles. The van der Waals surface area contributed by atoms with Crippen LogP contribution in [0.15, 0.2) is 53.4 Å². The van der Waals surface area contributed by atoms with Crippen LogP contribution in [0.1, 0.15) is 5.56 Å². The summed E-state index contributed by atoms with van der Waals surface area (Å²) in [5.41, 5.74) is 4.08. The molecular weight excluding hydrogens is 378 g/mol. The lowest BCUT2D eigenvalue weighted by Gasteiger charge is -2.10. The Balaban J connectivity index is 1.75. The van der Waals surface area contributed by atoms with Crippen LogP contribution in [0.2, 0.25) is 0 Å². The average Bonchev–Trinajstić information content (AvgIpc) is 3.12. The van der Waals surface area contributed by atoms with Gasteiger partial charge in [0.25, 0.3) is 0 Å². The Labute approximate surface area is 163 Å². The smallest absolute Gasteiger partial charge is 0.318 e. The second-order valence-electron chi connectivity index (χ2n) is 6.32. The number of H-pyrrole nitrogens is 1. The maximum atomic E-state index is 11.6. The number of aryl methyl sites for hydroxylation is 1. The molecular formula is C19H21N5O3S. The summed E-state index contributed by atoms with van der Waals surface area (Å²) < 4.78 is 23.1. The molecule has 0 aliphatic heterocycles. The van der Waals surface area contributed by atoms with Crippen LogP contribution in [0, 0.1) is 6.92 Å². The Kier molecular flexibility index (Phi) is 5.36. The van der Waals surface area contributed by atoms with Gasteiger partial charge in [-0.1, -0.05) is 12.1 Å². The van der Waals surface area contributed by atoms with Crippen molar-refractivity contribution >= 4 is 33.1 Å². The number of urea groups is 1. The summed E-state index contributed by atoms with van der Waals surface area (Å²) in [4.78, 5) is 11.7. The lowest BCUT2D eigenvalue weighted by molar-refractivity contribution is 0.254. The number of nitrogens with zero attached hydrogens (tertiary/aromatic N) is 1. The first-order chi connectivity index (χ1) is 13.3. The first-order valence-electron chi connectivity index (χ1n) is 8.48. The third kappa shape index (κ3) is 4.49. The molecule has 1 aromatic heterocycles. The van der Waals surface area contributed by atoms with E-state index in [0.717, 1.165) is 22.5 Å². The number of sulfone groups is 1. The number of hydrogen-bond donors (Lipinski definition) is 4. The zero-order chi connectivity index (χ0) is 20.3. The van der Waals surface area contributed by atoms with Gasteiger partial charge >= 0.3 is 6.03 Å². The van der Waals surface area contributed by atoms with E-state index in [1.807, 2.05) is 25.1 Å². The highest BCUT2D eigenvalue weighted by Gasteiger charge is 2.09. The van der Waals surface area contributed by atoms with Crippen LogP contribution in [-0.4, -0.2) is 37.9 Å². The topological polar surface area (TPSA) is 116 Å². The summed E-state index contributed by atoms with van der Waals surface area (Å²) in [5.74, 6) is 0.623. The minimum atomic E-state index is -3.22. The Bertz CT molecular complexity index is 1100. The van der Waals surface area contributed by atoms with Gasteiger partial charge in [-0.2, -0.15) is 5.10 Å². The second kappa shape index (κ2) is 7.73. The summed E-state index contributed by atoms with van der Waals surface area (Å²) in [6, 6.07) is 13.7. The van der Waals surface area contributed by atoms with Crippen molar-refractivity contribution in [3.8, 4) is 11.3 Å². The van der Waals surface area contributed by atoms with Crippen LogP contribution in [-0.2, 0) is 9.84 Å². The normalized spacial score (nSPS) is 11.1. The molecule has 0 saturated heterocycles. The zero-order valence-electron chi connectivity index (χ0n) is 15.7. The van der Waals surface area contributed by atoms with Crippen LogP contribution >= 0.6 is 0 Å². The number of carbonyl (C=O) groups excluding carboxylic acids is 1. The van der Waals surface area contributed by atoms with Gasteiger partial charge in [0.2, 0.25) is 0 Å². The fraction of sp³-hybridized carbons (Fsp3) is 0.158. The summed E-state index contributed by atoms with van der Waals surface area (Å²) in [5, 5.41) is 15.6. The van der Waals surface area contributed by atoms with Crippen molar-refractivity contribution < 1.29 is 13.2 Å². The number of aromatic nitrogens is 2. The lowest BCUT2D eigenvalue weighted by Crippen LogP contribution is -2.24. The summed E-state index contributed by atoms with van der Waals surface area (Å²) >= 11 is 0. The molecule has 0 saturated carbocycles. The first kappa shape index (κ1) is 19.4. The zero-order valence-corrected chi connectivity index (χ0v) is 16.5. The van der Waals surface area contributed by atoms with Crippen LogP contribution in [0.5, 0.6) is 0 Å². The third-order valence-electron chi connectivity index (χ3n) is 4.15. The molecule has 3 rings (SSSR count). The van der Waals surface area contributed by atoms with Crippen LogP contribution in [0.25, 0.3) is 11.3 Å². The molecule has 0 unspecified atom stereocenters. The van der Waals surface area contributed by atoms with Crippen molar-refractivity contribution in [2.24, 2.45) is 0 Å². The first-order valence-corrected chi connectivity index (χ1v) is 10.4. The Morgan fingerprint density at radius 1 is 1.07 bits per heavy atom. The van der Waals surface area contributed by atoms with E-state index in [-0.39, 0.29) is 10.9 Å². The Morgan fingerprint density at radius 3 is 2.39 bits per heavy atom. The number of rotatable bonds is 5. The highest BCUT2D eigenvalue weighted by Crippen LogP contribution is 2.26. The molecule has 2 aromatic carbocycles. The molecule has 0 fully saturated rings. The van der Waals surface area contributed by atoms with Gasteiger partial charge < -0.3 is 16.0 Å². The molecule has 2 amide bonds. The van der Waals surface area contributed by atoms with Crippen LogP contribution < -0.4 is 16.0 Å². The van der Waals surface area contributed by atoms with Gasteiger partial charge in [-0.3, -0.25) is 5.10 Å². The van der Waals surface area contributed by atoms with E-state index in [1.54, 1.807) is 37.4 Å². The van der Waals surface area contributed by atoms with E-state index in [1.165, 1.54) is 6.26 Å². The molecule has 0 aliphatic rings. The molecule has 0 radical (unpaired) electrons. The van der Waals surface area contributed by atoms with E-state index < -0.39 is 9.84 Å². The summed E-state index contributed by atoms with van der Waals surface area (Å²) in [6.07, 6.45) is 1.18. The number of amides is 2. The van der Waals surface area contributed by atoms with Gasteiger partial charge in [0.15, 0.2) is 15.7 Å². The molecule has 4 N–H and O–H groups in total. The van der Waals surface area contributed by atoms with E-state index in [9.17, 15) is 13.2 Å². The van der Waals surface area contributed by atoms with Crippen molar-refractivity contribution in [1.29, 1.82) is 0 Å². The minimum absolute atomic E-state index is 0.273. The van der Waals surface area contributed by atoms with E-state index >= 15 is 0 Å². The van der Waals surface area contributed by atoms with E-state index in [4.69, 9.17) is 0 Å².